The third-order valence-electron chi connectivity index (χ3n) is 2.82. The second-order valence-corrected chi connectivity index (χ2v) is 4.08. The van der Waals surface area contributed by atoms with E-state index in [9.17, 15) is 4.39 Å². The van der Waals surface area contributed by atoms with Crippen LogP contribution >= 0.6 is 0 Å². The van der Waals surface area contributed by atoms with Gasteiger partial charge in [0.15, 0.2) is 0 Å². The molecule has 0 radical (unpaired) electrons. The lowest BCUT2D eigenvalue weighted by Gasteiger charge is -2.17. The van der Waals surface area contributed by atoms with E-state index in [2.05, 4.69) is 5.48 Å². The second kappa shape index (κ2) is 5.16. The number of nitrogens with zero attached hydrogens (tertiary/aromatic N) is 1. The Morgan fingerprint density at radius 3 is 3.21 bits per heavy atom. The average Bonchev–Trinajstić information content (AvgIpc) is 2.92. The Bertz CT molecular complexity index is 566. The molecule has 5 heteroatoms. The first-order valence-corrected chi connectivity index (χ1v) is 5.98. The normalized spacial score (nSPS) is 16.6. The lowest BCUT2D eigenvalue weighted by molar-refractivity contribution is -0.112. The Balaban J connectivity index is 1.84. The van der Waals surface area contributed by atoms with Crippen LogP contribution in [0.5, 0.6) is 5.75 Å². The zero-order valence-electron chi connectivity index (χ0n) is 10.2. The van der Waals surface area contributed by atoms with Crippen molar-refractivity contribution >= 4 is 5.57 Å². The van der Waals surface area contributed by atoms with Crippen molar-refractivity contribution in [3.05, 3.63) is 60.1 Å². The van der Waals surface area contributed by atoms with Gasteiger partial charge in [-0.15, -0.1) is 0 Å². The Kier molecular flexibility index (Phi) is 3.20. The van der Waals surface area contributed by atoms with E-state index in [4.69, 9.17) is 9.68 Å². The molecule has 0 amide bonds. The Labute approximate surface area is 110 Å². The van der Waals surface area contributed by atoms with E-state index in [-0.39, 0.29) is 6.61 Å². The van der Waals surface area contributed by atoms with Crippen LogP contribution in [0.1, 0.15) is 5.56 Å². The van der Waals surface area contributed by atoms with Gasteiger partial charge in [-0.3, -0.25) is 0 Å². The van der Waals surface area contributed by atoms with Gasteiger partial charge in [-0.2, -0.15) is 4.94 Å². The molecule has 0 spiro atoms. The van der Waals surface area contributed by atoms with Gasteiger partial charge in [-0.05, 0) is 35.4 Å². The van der Waals surface area contributed by atoms with Crippen molar-refractivity contribution < 1.29 is 14.1 Å². The molecule has 2 heterocycles. The van der Waals surface area contributed by atoms with Crippen molar-refractivity contribution in [1.82, 2.24) is 10.5 Å². The van der Waals surface area contributed by atoms with E-state index in [1.807, 2.05) is 42.6 Å². The first kappa shape index (κ1) is 11.8. The van der Waals surface area contributed by atoms with Gasteiger partial charge in [0.25, 0.3) is 0 Å². The monoisotopic (exact) mass is 260 g/mol. The lowest BCUT2D eigenvalue weighted by atomic mass is 10.0. The second-order valence-electron chi connectivity index (χ2n) is 4.08. The minimum atomic E-state index is -0.488. The number of hydroxylamine groups is 3. The molecule has 0 saturated carbocycles. The van der Waals surface area contributed by atoms with Gasteiger partial charge >= 0.3 is 0 Å². The Morgan fingerprint density at radius 1 is 1.37 bits per heavy atom. The molecular formula is C14H13FN2O2. The number of nitrogens with one attached hydrogen (secondary N) is 1. The highest BCUT2D eigenvalue weighted by molar-refractivity contribution is 5.77. The molecule has 0 aromatic heterocycles. The van der Waals surface area contributed by atoms with Crippen molar-refractivity contribution in [3.8, 4) is 5.75 Å². The molecule has 98 valence electrons. The van der Waals surface area contributed by atoms with Crippen molar-refractivity contribution in [2.45, 2.75) is 0 Å². The van der Waals surface area contributed by atoms with Crippen LogP contribution in [0.3, 0.4) is 0 Å². The van der Waals surface area contributed by atoms with Crippen molar-refractivity contribution in [1.29, 1.82) is 0 Å². The molecule has 4 nitrogen and oxygen atoms in total. The number of hydrogen-bond donors (Lipinski definition) is 1. The summed E-state index contributed by atoms with van der Waals surface area (Å²) in [5.41, 5.74) is 5.66. The van der Waals surface area contributed by atoms with Crippen LogP contribution in [0.15, 0.2) is 54.5 Å². The molecule has 0 bridgehead atoms. The summed E-state index contributed by atoms with van der Waals surface area (Å²) in [5, 5.41) is 1.63. The van der Waals surface area contributed by atoms with E-state index in [0.29, 0.717) is 5.75 Å². The average molecular weight is 260 g/mol. The van der Waals surface area contributed by atoms with Crippen LogP contribution in [0.2, 0.25) is 0 Å². The van der Waals surface area contributed by atoms with Crippen LogP contribution in [0, 0.1) is 0 Å². The number of fused-ring (bicyclic) bond motifs is 1. The molecule has 0 saturated heterocycles. The maximum absolute atomic E-state index is 12.1. The summed E-state index contributed by atoms with van der Waals surface area (Å²) in [7, 11) is 0. The maximum Gasteiger partial charge on any atom is 0.123 e. The third kappa shape index (κ3) is 2.46. The van der Waals surface area contributed by atoms with Gasteiger partial charge in [0.1, 0.15) is 19.0 Å². The first-order chi connectivity index (χ1) is 9.36. The van der Waals surface area contributed by atoms with Crippen molar-refractivity contribution in [2.24, 2.45) is 0 Å². The summed E-state index contributed by atoms with van der Waals surface area (Å²) in [6.45, 7) is -0.410. The first-order valence-electron chi connectivity index (χ1n) is 5.98. The smallest absolute Gasteiger partial charge is 0.123 e. The summed E-state index contributed by atoms with van der Waals surface area (Å²) in [5.74, 6) is 0.668. The molecule has 3 rings (SSSR count). The predicted octanol–water partition coefficient (Wildman–Crippen LogP) is 2.54. The summed E-state index contributed by atoms with van der Waals surface area (Å²) in [4.78, 5) is 5.11. The van der Waals surface area contributed by atoms with Gasteiger partial charge in [0.05, 0.1) is 11.9 Å². The fourth-order valence-corrected chi connectivity index (χ4v) is 1.94. The van der Waals surface area contributed by atoms with E-state index in [0.717, 1.165) is 16.8 Å². The summed E-state index contributed by atoms with van der Waals surface area (Å²) >= 11 is 0. The number of halogens is 1. The van der Waals surface area contributed by atoms with Crippen LogP contribution < -0.4 is 10.2 Å². The van der Waals surface area contributed by atoms with Crippen molar-refractivity contribution in [2.75, 3.05) is 13.3 Å². The van der Waals surface area contributed by atoms with E-state index in [1.54, 1.807) is 11.3 Å². The summed E-state index contributed by atoms with van der Waals surface area (Å²) < 4.78 is 17.4. The Morgan fingerprint density at radius 2 is 2.32 bits per heavy atom. The van der Waals surface area contributed by atoms with Crippen LogP contribution in [0.4, 0.5) is 4.39 Å². The largest absolute Gasteiger partial charge is 0.491 e. The molecule has 1 aromatic carbocycles. The fourth-order valence-electron chi connectivity index (χ4n) is 1.94. The number of rotatable bonds is 4. The van der Waals surface area contributed by atoms with E-state index < -0.39 is 6.67 Å². The summed E-state index contributed by atoms with van der Waals surface area (Å²) in [6.07, 6.45) is 7.54. The highest BCUT2D eigenvalue weighted by atomic mass is 19.1. The van der Waals surface area contributed by atoms with Gasteiger partial charge in [0, 0.05) is 6.20 Å². The standard InChI is InChI=1S/C14H13FN2O2/c15-5-7-18-14-3-1-2-11(9-14)12-4-6-17-13(8-12)10-16-19-17/h1-4,6,8-10,16H,5,7H2. The van der Waals surface area contributed by atoms with Crippen LogP contribution in [0.25, 0.3) is 5.57 Å². The number of hydrogen-bond acceptors (Lipinski definition) is 4. The molecule has 2 aliphatic heterocycles. The van der Waals surface area contributed by atoms with Crippen LogP contribution in [-0.4, -0.2) is 18.3 Å². The molecule has 0 atom stereocenters. The SMILES string of the molecule is FCCOc1cccc(C2=CC3=CNON3C=C2)c1. The minimum Gasteiger partial charge on any atom is -0.491 e. The highest BCUT2D eigenvalue weighted by Crippen LogP contribution is 2.28. The molecule has 1 N–H and O–H groups in total. The number of benzene rings is 1. The van der Waals surface area contributed by atoms with Crippen molar-refractivity contribution in [3.63, 3.8) is 0 Å². The molecule has 19 heavy (non-hydrogen) atoms. The Hall–Kier alpha value is -2.27. The van der Waals surface area contributed by atoms with Gasteiger partial charge in [-0.1, -0.05) is 12.1 Å². The van der Waals surface area contributed by atoms with Gasteiger partial charge in [-0.25, -0.2) is 14.9 Å². The van der Waals surface area contributed by atoms with Gasteiger partial charge < -0.3 is 4.74 Å². The number of alkyl halides is 1. The quantitative estimate of drug-likeness (QED) is 0.902. The van der Waals surface area contributed by atoms with E-state index in [1.165, 1.54) is 0 Å². The minimum absolute atomic E-state index is 0.0784. The third-order valence-corrected chi connectivity index (χ3v) is 2.82. The van der Waals surface area contributed by atoms with E-state index >= 15 is 0 Å². The zero-order valence-corrected chi connectivity index (χ0v) is 10.2. The maximum atomic E-state index is 12.1. The molecule has 2 aliphatic rings. The van der Waals surface area contributed by atoms with Gasteiger partial charge in [0.2, 0.25) is 0 Å². The number of allylic oxidation sites excluding steroid dienone is 3. The molecule has 0 unspecified atom stereocenters. The highest BCUT2D eigenvalue weighted by Gasteiger charge is 2.16. The molecular weight excluding hydrogens is 247 g/mol. The number of ether oxygens (including phenoxy) is 1. The topological polar surface area (TPSA) is 33.7 Å². The zero-order chi connectivity index (χ0) is 13.1. The predicted molar refractivity (Wildman–Crippen MR) is 69.2 cm³/mol. The summed E-state index contributed by atoms with van der Waals surface area (Å²) in [6, 6.07) is 7.59. The molecule has 1 aromatic rings. The van der Waals surface area contributed by atoms with Crippen LogP contribution in [-0.2, 0) is 4.94 Å². The fraction of sp³-hybridized carbons (Fsp3) is 0.143. The lowest BCUT2D eigenvalue weighted by Crippen LogP contribution is -2.15. The molecule has 0 aliphatic carbocycles. The molecule has 0 fully saturated rings.